The number of hydrogen-bond donors (Lipinski definition) is 2. The molecule has 0 aliphatic carbocycles. The number of H-pyrrole nitrogens is 1. The molecule has 0 bridgehead atoms. The van der Waals surface area contributed by atoms with Crippen LogP contribution in [-0.2, 0) is 4.79 Å². The number of carbonyl (C=O) groups excluding carboxylic acids is 2. The molecule has 0 radical (unpaired) electrons. The van der Waals surface area contributed by atoms with E-state index in [1.807, 2.05) is 24.3 Å². The zero-order valence-electron chi connectivity index (χ0n) is 16.2. The summed E-state index contributed by atoms with van der Waals surface area (Å²) in [7, 11) is 0. The number of nitrogens with one attached hydrogen (secondary N) is 2. The first-order chi connectivity index (χ1) is 14.5. The van der Waals surface area contributed by atoms with E-state index < -0.39 is 5.82 Å². The largest absolute Gasteiger partial charge is 0.335 e. The van der Waals surface area contributed by atoms with E-state index >= 15 is 0 Å². The van der Waals surface area contributed by atoms with Gasteiger partial charge in [0.25, 0.3) is 5.91 Å². The molecule has 3 aromatic rings. The fraction of sp³-hybridized carbons (Fsp3) is 0.286. The Morgan fingerprint density at radius 1 is 1.13 bits per heavy atom. The molecular formula is C21H21ClFN5O2. The second-order valence-corrected chi connectivity index (χ2v) is 7.61. The van der Waals surface area contributed by atoms with Crippen LogP contribution in [-0.4, -0.2) is 64.5 Å². The van der Waals surface area contributed by atoms with E-state index in [2.05, 4.69) is 20.4 Å². The number of halogens is 2. The second kappa shape index (κ2) is 8.81. The van der Waals surface area contributed by atoms with Crippen LogP contribution in [0, 0.1) is 5.82 Å². The Hall–Kier alpha value is -2.97. The minimum absolute atomic E-state index is 0.0944. The summed E-state index contributed by atoms with van der Waals surface area (Å²) < 4.78 is 13.8. The first-order valence-electron chi connectivity index (χ1n) is 9.71. The number of hydrogen-bond acceptors (Lipinski definition) is 4. The van der Waals surface area contributed by atoms with Crippen molar-refractivity contribution in [1.29, 1.82) is 0 Å². The Bertz CT molecular complexity index is 1080. The average Bonchev–Trinajstić information content (AvgIpc) is 3.18. The van der Waals surface area contributed by atoms with Gasteiger partial charge in [0.1, 0.15) is 5.82 Å². The molecule has 156 valence electrons. The van der Waals surface area contributed by atoms with Gasteiger partial charge in [0.05, 0.1) is 11.2 Å². The lowest BCUT2D eigenvalue weighted by molar-refractivity contribution is -0.116. The third-order valence-corrected chi connectivity index (χ3v) is 5.43. The summed E-state index contributed by atoms with van der Waals surface area (Å²) in [5.41, 5.74) is 1.39. The highest BCUT2D eigenvalue weighted by Crippen LogP contribution is 2.20. The number of benzene rings is 2. The van der Waals surface area contributed by atoms with Crippen LogP contribution in [0.15, 0.2) is 42.5 Å². The lowest BCUT2D eigenvalue weighted by atomic mass is 10.2. The summed E-state index contributed by atoms with van der Waals surface area (Å²) in [5.74, 6) is -0.922. The van der Waals surface area contributed by atoms with Crippen molar-refractivity contribution in [3.63, 3.8) is 0 Å². The van der Waals surface area contributed by atoms with Crippen molar-refractivity contribution in [2.24, 2.45) is 0 Å². The van der Waals surface area contributed by atoms with Crippen molar-refractivity contribution in [3.05, 3.63) is 59.0 Å². The summed E-state index contributed by atoms with van der Waals surface area (Å²) in [6.07, 6.45) is 0.236. The van der Waals surface area contributed by atoms with Gasteiger partial charge in [0, 0.05) is 49.6 Å². The molecule has 2 N–H and O–H groups in total. The van der Waals surface area contributed by atoms with Crippen LogP contribution in [0.25, 0.3) is 10.9 Å². The zero-order valence-corrected chi connectivity index (χ0v) is 17.0. The van der Waals surface area contributed by atoms with E-state index in [0.29, 0.717) is 38.4 Å². The van der Waals surface area contributed by atoms with Crippen molar-refractivity contribution >= 4 is 40.0 Å². The smallest absolute Gasteiger partial charge is 0.275 e. The van der Waals surface area contributed by atoms with Crippen LogP contribution in [0.3, 0.4) is 0 Å². The first-order valence-corrected chi connectivity index (χ1v) is 10.1. The molecule has 30 heavy (non-hydrogen) atoms. The van der Waals surface area contributed by atoms with Crippen LogP contribution < -0.4 is 5.32 Å². The fourth-order valence-corrected chi connectivity index (χ4v) is 3.67. The molecule has 0 atom stereocenters. The highest BCUT2D eigenvalue weighted by atomic mass is 35.5. The van der Waals surface area contributed by atoms with Gasteiger partial charge in [-0.05, 0) is 24.3 Å². The van der Waals surface area contributed by atoms with E-state index in [9.17, 15) is 14.0 Å². The summed E-state index contributed by atoms with van der Waals surface area (Å²) in [6.45, 7) is 2.99. The predicted molar refractivity (Wildman–Crippen MR) is 113 cm³/mol. The molecule has 1 aliphatic rings. The van der Waals surface area contributed by atoms with Gasteiger partial charge in [-0.2, -0.15) is 5.10 Å². The van der Waals surface area contributed by atoms with Crippen LogP contribution in [0.2, 0.25) is 5.02 Å². The highest BCUT2D eigenvalue weighted by molar-refractivity contribution is 6.30. The maximum Gasteiger partial charge on any atom is 0.275 e. The number of carbonyl (C=O) groups is 2. The topological polar surface area (TPSA) is 81.3 Å². The number of aromatic amines is 1. The Morgan fingerprint density at radius 2 is 1.90 bits per heavy atom. The highest BCUT2D eigenvalue weighted by Gasteiger charge is 2.25. The number of nitrogens with zero attached hydrogens (tertiary/aromatic N) is 3. The lowest BCUT2D eigenvalue weighted by Crippen LogP contribution is -2.49. The maximum atomic E-state index is 13.8. The van der Waals surface area contributed by atoms with E-state index in [1.54, 1.807) is 4.90 Å². The molecule has 9 heteroatoms. The second-order valence-electron chi connectivity index (χ2n) is 7.17. The van der Waals surface area contributed by atoms with Crippen LogP contribution >= 0.6 is 11.6 Å². The minimum atomic E-state index is -0.561. The van der Waals surface area contributed by atoms with Gasteiger partial charge in [-0.25, -0.2) is 4.39 Å². The van der Waals surface area contributed by atoms with Crippen molar-refractivity contribution in [1.82, 2.24) is 20.0 Å². The Labute approximate surface area is 177 Å². The predicted octanol–water partition coefficient (Wildman–Crippen LogP) is 3.14. The van der Waals surface area contributed by atoms with E-state index in [1.165, 1.54) is 12.1 Å². The standard InChI is InChI=1S/C21H21ClFN5O2/c22-14-5-6-18(16(23)13-14)24-19(29)7-8-27-9-11-28(12-10-27)21(30)20-15-3-1-2-4-17(15)25-26-20/h1-6,13H,7-12H2,(H,24,29)(H,25,26). The van der Waals surface area contributed by atoms with Crippen molar-refractivity contribution in [2.45, 2.75) is 6.42 Å². The first kappa shape index (κ1) is 20.3. The Balaban J connectivity index is 1.26. The van der Waals surface area contributed by atoms with Crippen molar-refractivity contribution in [2.75, 3.05) is 38.0 Å². The molecule has 2 heterocycles. The summed E-state index contributed by atoms with van der Waals surface area (Å²) >= 11 is 5.72. The molecular weight excluding hydrogens is 409 g/mol. The maximum absolute atomic E-state index is 13.8. The molecule has 0 unspecified atom stereocenters. The molecule has 0 saturated carbocycles. The zero-order chi connectivity index (χ0) is 21.1. The summed E-state index contributed by atoms with van der Waals surface area (Å²) in [5, 5.41) is 10.7. The van der Waals surface area contributed by atoms with Crippen LogP contribution in [0.1, 0.15) is 16.9 Å². The SMILES string of the molecule is O=C(CCN1CCN(C(=O)c2n[nH]c3ccccc23)CC1)Nc1ccc(Cl)cc1F. The van der Waals surface area contributed by atoms with Crippen molar-refractivity contribution < 1.29 is 14.0 Å². The van der Waals surface area contributed by atoms with Crippen LogP contribution in [0.5, 0.6) is 0 Å². The normalized spacial score (nSPS) is 14.8. The summed E-state index contributed by atoms with van der Waals surface area (Å²) in [6, 6.07) is 11.7. The molecule has 1 aromatic heterocycles. The fourth-order valence-electron chi connectivity index (χ4n) is 3.51. The van der Waals surface area contributed by atoms with E-state index in [4.69, 9.17) is 11.6 Å². The molecule has 1 saturated heterocycles. The van der Waals surface area contributed by atoms with Gasteiger partial charge >= 0.3 is 0 Å². The van der Waals surface area contributed by atoms with Gasteiger partial charge in [-0.15, -0.1) is 0 Å². The third kappa shape index (κ3) is 4.44. The van der Waals surface area contributed by atoms with E-state index in [-0.39, 0.29) is 28.9 Å². The van der Waals surface area contributed by atoms with Gasteiger partial charge in [-0.3, -0.25) is 19.6 Å². The number of fused-ring (bicyclic) bond motifs is 1. The molecule has 1 aliphatic heterocycles. The van der Waals surface area contributed by atoms with Crippen LogP contribution in [0.4, 0.5) is 10.1 Å². The molecule has 0 spiro atoms. The number of rotatable bonds is 5. The van der Waals surface area contributed by atoms with Gasteiger partial charge < -0.3 is 10.2 Å². The molecule has 2 aromatic carbocycles. The molecule has 2 amide bonds. The minimum Gasteiger partial charge on any atom is -0.335 e. The van der Waals surface area contributed by atoms with Gasteiger partial charge in [-0.1, -0.05) is 29.8 Å². The number of anilines is 1. The monoisotopic (exact) mass is 429 g/mol. The Morgan fingerprint density at radius 3 is 2.67 bits per heavy atom. The number of para-hydroxylation sites is 1. The number of amides is 2. The molecule has 1 fully saturated rings. The van der Waals surface area contributed by atoms with Gasteiger partial charge in [0.2, 0.25) is 5.91 Å². The lowest BCUT2D eigenvalue weighted by Gasteiger charge is -2.34. The quantitative estimate of drug-likeness (QED) is 0.653. The van der Waals surface area contributed by atoms with E-state index in [0.717, 1.165) is 17.0 Å². The Kier molecular flexibility index (Phi) is 5.96. The number of piperazine rings is 1. The van der Waals surface area contributed by atoms with Gasteiger partial charge in [0.15, 0.2) is 5.69 Å². The average molecular weight is 430 g/mol. The summed E-state index contributed by atoms with van der Waals surface area (Å²) in [4.78, 5) is 28.8. The molecule has 4 rings (SSSR count). The third-order valence-electron chi connectivity index (χ3n) is 5.19. The number of aromatic nitrogens is 2. The van der Waals surface area contributed by atoms with Crippen molar-refractivity contribution in [3.8, 4) is 0 Å². The molecule has 7 nitrogen and oxygen atoms in total.